The van der Waals surface area contributed by atoms with Crippen LogP contribution in [0.2, 0.25) is 0 Å². The van der Waals surface area contributed by atoms with Crippen LogP contribution >= 0.6 is 0 Å². The number of methoxy groups -OCH3 is 1. The molecule has 0 aliphatic carbocycles. The zero-order valence-corrected chi connectivity index (χ0v) is 9.31. The molecule has 0 aliphatic rings. The van der Waals surface area contributed by atoms with Crippen molar-refractivity contribution < 1.29 is 13.5 Å². The summed E-state index contributed by atoms with van der Waals surface area (Å²) in [6.45, 7) is 3.17. The van der Waals surface area contributed by atoms with Crippen LogP contribution in [0.5, 0.6) is 0 Å². The average molecular weight is 231 g/mol. The van der Waals surface area contributed by atoms with Gasteiger partial charge in [-0.25, -0.2) is 13.8 Å². The van der Waals surface area contributed by atoms with Crippen LogP contribution in [0.1, 0.15) is 6.92 Å². The summed E-state index contributed by atoms with van der Waals surface area (Å²) >= 11 is 0. The van der Waals surface area contributed by atoms with Gasteiger partial charge in [0.05, 0.1) is 6.61 Å². The van der Waals surface area contributed by atoms with Gasteiger partial charge in [-0.2, -0.15) is 0 Å². The highest BCUT2D eigenvalue weighted by Crippen LogP contribution is 2.18. The van der Waals surface area contributed by atoms with E-state index in [-0.39, 0.29) is 11.6 Å². The molecule has 4 nitrogen and oxygen atoms in total. The van der Waals surface area contributed by atoms with Crippen LogP contribution in [0.4, 0.5) is 20.4 Å². The first-order valence-electron chi connectivity index (χ1n) is 5.01. The summed E-state index contributed by atoms with van der Waals surface area (Å²) in [5.74, 6) is -1.34. The van der Waals surface area contributed by atoms with Crippen LogP contribution in [0.3, 0.4) is 0 Å². The number of halogens is 2. The molecule has 90 valence electrons. The lowest BCUT2D eigenvalue weighted by atomic mass is 10.4. The lowest BCUT2D eigenvalue weighted by Crippen LogP contribution is -2.12. The largest absolute Gasteiger partial charge is 0.383 e. The van der Waals surface area contributed by atoms with Gasteiger partial charge < -0.3 is 15.4 Å². The maximum Gasteiger partial charge on any atom is 0.168 e. The molecule has 6 heteroatoms. The minimum absolute atomic E-state index is 0.0226. The van der Waals surface area contributed by atoms with E-state index in [1.54, 1.807) is 7.11 Å². The summed E-state index contributed by atoms with van der Waals surface area (Å²) in [6.07, 6.45) is 0. The number of aromatic nitrogens is 1. The molecule has 1 rings (SSSR count). The quantitative estimate of drug-likeness (QED) is 0.733. The molecule has 16 heavy (non-hydrogen) atoms. The number of anilines is 2. The van der Waals surface area contributed by atoms with Crippen molar-refractivity contribution in [2.45, 2.75) is 6.92 Å². The lowest BCUT2D eigenvalue weighted by molar-refractivity contribution is 0.210. The van der Waals surface area contributed by atoms with Gasteiger partial charge >= 0.3 is 0 Å². The molecule has 0 saturated carbocycles. The summed E-state index contributed by atoms with van der Waals surface area (Å²) < 4.78 is 31.3. The highest BCUT2D eigenvalue weighted by Gasteiger charge is 2.10. The number of hydrogen-bond donors (Lipinski definition) is 2. The third-order valence-electron chi connectivity index (χ3n) is 1.87. The maximum absolute atomic E-state index is 13.3. The normalized spacial score (nSPS) is 10.2. The van der Waals surface area contributed by atoms with Crippen LogP contribution in [0, 0.1) is 11.6 Å². The number of hydrogen-bond acceptors (Lipinski definition) is 4. The Kier molecular flexibility index (Phi) is 4.91. The zero-order valence-electron chi connectivity index (χ0n) is 9.31. The van der Waals surface area contributed by atoms with Crippen molar-refractivity contribution in [3.63, 3.8) is 0 Å². The molecular formula is C10H15F2N3O. The fourth-order valence-electron chi connectivity index (χ4n) is 1.15. The third kappa shape index (κ3) is 3.30. The predicted molar refractivity (Wildman–Crippen MR) is 58.7 cm³/mol. The van der Waals surface area contributed by atoms with Crippen LogP contribution in [-0.4, -0.2) is 31.8 Å². The van der Waals surface area contributed by atoms with Crippen LogP contribution in [0.25, 0.3) is 0 Å². The van der Waals surface area contributed by atoms with Gasteiger partial charge in [-0.3, -0.25) is 0 Å². The molecule has 0 spiro atoms. The molecule has 0 aromatic carbocycles. The van der Waals surface area contributed by atoms with Gasteiger partial charge in [-0.1, -0.05) is 0 Å². The molecule has 0 bridgehead atoms. The molecule has 0 amide bonds. The van der Waals surface area contributed by atoms with Crippen molar-refractivity contribution in [2.75, 3.05) is 37.4 Å². The number of nitrogens with zero attached hydrogens (tertiary/aromatic N) is 1. The van der Waals surface area contributed by atoms with Crippen LogP contribution in [-0.2, 0) is 4.74 Å². The van der Waals surface area contributed by atoms with Gasteiger partial charge in [0.2, 0.25) is 0 Å². The standard InChI is InChI=1S/C10H15F2N3O/c1-3-13-9-7(11)6-8(12)10(15-9)14-4-5-16-2/h6H,3-5H2,1-2H3,(H2,13,14,15). The molecule has 0 unspecified atom stereocenters. The van der Waals surface area contributed by atoms with Gasteiger partial charge in [0.15, 0.2) is 23.3 Å². The minimum Gasteiger partial charge on any atom is -0.383 e. The first-order valence-corrected chi connectivity index (χ1v) is 5.01. The van der Waals surface area contributed by atoms with Gasteiger partial charge in [0.25, 0.3) is 0 Å². The van der Waals surface area contributed by atoms with Crippen molar-refractivity contribution >= 4 is 11.6 Å². The molecule has 0 saturated heterocycles. The van der Waals surface area contributed by atoms with Gasteiger partial charge in [-0.15, -0.1) is 0 Å². The SMILES string of the molecule is CCNc1nc(NCCOC)c(F)cc1F. The van der Waals surface area contributed by atoms with E-state index in [1.165, 1.54) is 0 Å². The first kappa shape index (κ1) is 12.6. The monoisotopic (exact) mass is 231 g/mol. The summed E-state index contributed by atoms with van der Waals surface area (Å²) in [7, 11) is 1.54. The van der Waals surface area contributed by atoms with Crippen LogP contribution < -0.4 is 10.6 Å². The minimum atomic E-state index is -0.713. The van der Waals surface area contributed by atoms with Crippen molar-refractivity contribution in [1.82, 2.24) is 4.98 Å². The fraction of sp³-hybridized carbons (Fsp3) is 0.500. The van der Waals surface area contributed by atoms with Gasteiger partial charge in [0, 0.05) is 26.3 Å². The van der Waals surface area contributed by atoms with Crippen molar-refractivity contribution in [1.29, 1.82) is 0 Å². The molecular weight excluding hydrogens is 216 g/mol. The molecule has 0 fully saturated rings. The van der Waals surface area contributed by atoms with E-state index in [0.29, 0.717) is 19.7 Å². The van der Waals surface area contributed by atoms with E-state index >= 15 is 0 Å². The molecule has 0 radical (unpaired) electrons. The summed E-state index contributed by atoms with van der Waals surface area (Å²) in [5.41, 5.74) is 0. The number of rotatable bonds is 6. The summed E-state index contributed by atoms with van der Waals surface area (Å²) in [4.78, 5) is 3.81. The Morgan fingerprint density at radius 2 is 1.88 bits per heavy atom. The van der Waals surface area contributed by atoms with E-state index < -0.39 is 11.6 Å². The lowest BCUT2D eigenvalue weighted by Gasteiger charge is -2.09. The molecule has 0 aliphatic heterocycles. The Bertz CT molecular complexity index is 347. The third-order valence-corrected chi connectivity index (χ3v) is 1.87. The second-order valence-electron chi connectivity index (χ2n) is 3.10. The molecule has 2 N–H and O–H groups in total. The first-order chi connectivity index (χ1) is 7.69. The molecule has 1 aromatic rings. The summed E-state index contributed by atoms with van der Waals surface area (Å²) in [5, 5.41) is 5.43. The Morgan fingerprint density at radius 3 is 2.44 bits per heavy atom. The van der Waals surface area contributed by atoms with Gasteiger partial charge in [0.1, 0.15) is 0 Å². The smallest absolute Gasteiger partial charge is 0.168 e. The molecule has 0 atom stereocenters. The fourth-order valence-corrected chi connectivity index (χ4v) is 1.15. The Balaban J connectivity index is 2.78. The highest BCUT2D eigenvalue weighted by atomic mass is 19.1. The Hall–Kier alpha value is -1.43. The van der Waals surface area contributed by atoms with Crippen molar-refractivity contribution in [3.8, 4) is 0 Å². The molecule has 1 heterocycles. The van der Waals surface area contributed by atoms with E-state index in [4.69, 9.17) is 4.74 Å². The second kappa shape index (κ2) is 6.22. The Labute approximate surface area is 93.0 Å². The summed E-state index contributed by atoms with van der Waals surface area (Å²) in [6, 6.07) is 0.806. The number of pyridine rings is 1. The van der Waals surface area contributed by atoms with Crippen LogP contribution in [0.15, 0.2) is 6.07 Å². The van der Waals surface area contributed by atoms with Crippen molar-refractivity contribution in [2.24, 2.45) is 0 Å². The maximum atomic E-state index is 13.3. The second-order valence-corrected chi connectivity index (χ2v) is 3.10. The number of ether oxygens (including phenoxy) is 1. The topological polar surface area (TPSA) is 46.2 Å². The van der Waals surface area contributed by atoms with E-state index in [9.17, 15) is 8.78 Å². The predicted octanol–water partition coefficient (Wildman–Crippen LogP) is 1.85. The van der Waals surface area contributed by atoms with E-state index in [2.05, 4.69) is 15.6 Å². The zero-order chi connectivity index (χ0) is 12.0. The Morgan fingerprint density at radius 1 is 1.25 bits per heavy atom. The van der Waals surface area contributed by atoms with Crippen molar-refractivity contribution in [3.05, 3.63) is 17.7 Å². The van der Waals surface area contributed by atoms with E-state index in [1.807, 2.05) is 6.92 Å². The molecule has 1 aromatic heterocycles. The highest BCUT2D eigenvalue weighted by molar-refractivity contribution is 5.47. The average Bonchev–Trinajstić information content (AvgIpc) is 2.25. The van der Waals surface area contributed by atoms with Gasteiger partial charge in [-0.05, 0) is 6.92 Å². The number of nitrogens with one attached hydrogen (secondary N) is 2. The van der Waals surface area contributed by atoms with E-state index in [0.717, 1.165) is 6.07 Å².